The lowest BCUT2D eigenvalue weighted by Crippen LogP contribution is -2.33. The molecule has 0 atom stereocenters. The highest BCUT2D eigenvalue weighted by Gasteiger charge is 2.26. The van der Waals surface area contributed by atoms with Crippen LogP contribution < -0.4 is 5.32 Å². The molecule has 31 heavy (non-hydrogen) atoms. The van der Waals surface area contributed by atoms with Crippen molar-refractivity contribution >= 4 is 33.9 Å². The highest BCUT2D eigenvalue weighted by atomic mass is 32.1. The molecule has 1 aliphatic heterocycles. The number of carbonyl (C=O) groups is 3. The molecular formula is C24H19N3O3S. The van der Waals surface area contributed by atoms with Crippen LogP contribution in [0, 0.1) is 11.3 Å². The van der Waals surface area contributed by atoms with Crippen LogP contribution >= 0.6 is 11.3 Å². The first-order valence-corrected chi connectivity index (χ1v) is 10.6. The molecule has 0 unspecified atom stereocenters. The van der Waals surface area contributed by atoms with Gasteiger partial charge in [0.15, 0.2) is 5.78 Å². The van der Waals surface area contributed by atoms with Gasteiger partial charge in [0.25, 0.3) is 5.91 Å². The molecule has 2 aromatic carbocycles. The number of amides is 2. The molecule has 0 saturated carbocycles. The van der Waals surface area contributed by atoms with Crippen LogP contribution in [0.1, 0.15) is 49.2 Å². The molecule has 7 heteroatoms. The van der Waals surface area contributed by atoms with E-state index in [1.165, 1.54) is 18.3 Å². The molecule has 3 aromatic rings. The first-order chi connectivity index (χ1) is 15.0. The number of anilines is 1. The zero-order valence-electron chi connectivity index (χ0n) is 16.8. The molecule has 0 saturated heterocycles. The third-order valence-corrected chi connectivity index (χ3v) is 6.42. The van der Waals surface area contributed by atoms with Gasteiger partial charge in [0, 0.05) is 35.0 Å². The Hall–Kier alpha value is -3.76. The van der Waals surface area contributed by atoms with Crippen molar-refractivity contribution in [2.45, 2.75) is 19.9 Å². The number of nitrogens with one attached hydrogen (secondary N) is 1. The Balaban J connectivity index is 1.52. The van der Waals surface area contributed by atoms with Gasteiger partial charge in [-0.3, -0.25) is 14.4 Å². The Morgan fingerprint density at radius 2 is 1.65 bits per heavy atom. The Labute approximate surface area is 183 Å². The number of nitrogens with zero attached hydrogens (tertiary/aromatic N) is 2. The largest absolute Gasteiger partial charge is 0.337 e. The molecule has 0 spiro atoms. The van der Waals surface area contributed by atoms with E-state index < -0.39 is 0 Å². The zero-order valence-corrected chi connectivity index (χ0v) is 17.7. The molecule has 1 aliphatic rings. The van der Waals surface area contributed by atoms with Crippen LogP contribution in [0.4, 0.5) is 5.00 Å². The molecule has 2 heterocycles. The molecule has 154 valence electrons. The predicted molar refractivity (Wildman–Crippen MR) is 118 cm³/mol. The summed E-state index contributed by atoms with van der Waals surface area (Å²) in [6.07, 6.45) is 0.598. The average Bonchev–Trinajstić information content (AvgIpc) is 3.15. The van der Waals surface area contributed by atoms with Gasteiger partial charge in [-0.25, -0.2) is 0 Å². The summed E-state index contributed by atoms with van der Waals surface area (Å²) in [7, 11) is 0. The fourth-order valence-corrected chi connectivity index (χ4v) is 4.79. The van der Waals surface area contributed by atoms with Crippen molar-refractivity contribution in [1.82, 2.24) is 4.90 Å². The molecule has 0 fully saturated rings. The standard InChI is InChI=1S/C24H19N3O3S/c1-15(28)27-12-11-19-20(13-25)24(31-21(19)14-27)26-23(30)18-9-7-17(8-10-18)22(29)16-5-3-2-4-6-16/h2-10H,11-12,14H2,1H3,(H,26,30). The Morgan fingerprint density at radius 3 is 2.29 bits per heavy atom. The normalized spacial score (nSPS) is 12.6. The minimum absolute atomic E-state index is 0.00622. The molecular weight excluding hydrogens is 410 g/mol. The SMILES string of the molecule is CC(=O)N1CCc2c(sc(NC(=O)c3ccc(C(=O)c4ccccc4)cc3)c2C#N)C1. The van der Waals surface area contributed by atoms with E-state index in [0.29, 0.717) is 46.8 Å². The van der Waals surface area contributed by atoms with Gasteiger partial charge in [-0.2, -0.15) is 5.26 Å². The summed E-state index contributed by atoms with van der Waals surface area (Å²) in [6.45, 7) is 2.55. The molecule has 6 nitrogen and oxygen atoms in total. The summed E-state index contributed by atoms with van der Waals surface area (Å²) in [4.78, 5) is 39.6. The maximum atomic E-state index is 12.8. The topological polar surface area (TPSA) is 90.3 Å². The molecule has 1 N–H and O–H groups in total. The summed E-state index contributed by atoms with van der Waals surface area (Å²) < 4.78 is 0. The number of nitriles is 1. The van der Waals surface area contributed by atoms with Crippen molar-refractivity contribution in [3.8, 4) is 6.07 Å². The minimum atomic E-state index is -0.350. The Bertz CT molecular complexity index is 1210. The molecule has 0 bridgehead atoms. The first-order valence-electron chi connectivity index (χ1n) is 9.79. The lowest BCUT2D eigenvalue weighted by molar-refractivity contribution is -0.129. The number of rotatable bonds is 4. The minimum Gasteiger partial charge on any atom is -0.337 e. The fraction of sp³-hybridized carbons (Fsp3) is 0.167. The maximum Gasteiger partial charge on any atom is 0.256 e. The summed E-state index contributed by atoms with van der Waals surface area (Å²) in [5.74, 6) is -0.467. The number of hydrogen-bond acceptors (Lipinski definition) is 5. The van der Waals surface area contributed by atoms with Crippen LogP contribution in [-0.4, -0.2) is 29.0 Å². The van der Waals surface area contributed by atoms with Crippen LogP contribution in [-0.2, 0) is 17.8 Å². The predicted octanol–water partition coefficient (Wildman–Crippen LogP) is 4.01. The van der Waals surface area contributed by atoms with E-state index in [0.717, 1.165) is 10.4 Å². The van der Waals surface area contributed by atoms with E-state index in [-0.39, 0.29) is 17.6 Å². The van der Waals surface area contributed by atoms with Crippen LogP contribution in [0.5, 0.6) is 0 Å². The number of fused-ring (bicyclic) bond motifs is 1. The highest BCUT2D eigenvalue weighted by molar-refractivity contribution is 7.16. The fourth-order valence-electron chi connectivity index (χ4n) is 3.58. The third-order valence-electron chi connectivity index (χ3n) is 5.29. The van der Waals surface area contributed by atoms with Crippen molar-refractivity contribution in [1.29, 1.82) is 5.26 Å². The quantitative estimate of drug-likeness (QED) is 0.635. The van der Waals surface area contributed by atoms with Crippen LogP contribution in [0.15, 0.2) is 54.6 Å². The summed E-state index contributed by atoms with van der Waals surface area (Å²) in [5.41, 5.74) is 2.85. The van der Waals surface area contributed by atoms with Crippen LogP contribution in [0.2, 0.25) is 0 Å². The number of thiophene rings is 1. The van der Waals surface area contributed by atoms with Gasteiger partial charge in [-0.15, -0.1) is 11.3 Å². The van der Waals surface area contributed by atoms with Crippen LogP contribution in [0.25, 0.3) is 0 Å². The number of ketones is 1. The molecule has 4 rings (SSSR count). The van der Waals surface area contributed by atoms with Crippen LogP contribution in [0.3, 0.4) is 0 Å². The van der Waals surface area contributed by atoms with Gasteiger partial charge < -0.3 is 10.2 Å². The van der Waals surface area contributed by atoms with E-state index in [1.807, 2.05) is 6.07 Å². The zero-order chi connectivity index (χ0) is 22.0. The third kappa shape index (κ3) is 4.11. The number of benzene rings is 2. The first kappa shape index (κ1) is 20.5. The Morgan fingerprint density at radius 1 is 1.00 bits per heavy atom. The average molecular weight is 430 g/mol. The van der Waals surface area contributed by atoms with Gasteiger partial charge in [-0.05, 0) is 24.1 Å². The van der Waals surface area contributed by atoms with Crippen molar-refractivity contribution < 1.29 is 14.4 Å². The molecule has 0 radical (unpaired) electrons. The highest BCUT2D eigenvalue weighted by Crippen LogP contribution is 2.36. The maximum absolute atomic E-state index is 12.8. The van der Waals surface area contributed by atoms with E-state index in [1.54, 1.807) is 53.4 Å². The summed E-state index contributed by atoms with van der Waals surface area (Å²) in [5, 5.41) is 12.9. The number of hydrogen-bond donors (Lipinski definition) is 1. The van der Waals surface area contributed by atoms with E-state index in [4.69, 9.17) is 0 Å². The lowest BCUT2D eigenvalue weighted by Gasteiger charge is -2.25. The second kappa shape index (κ2) is 8.54. The van der Waals surface area contributed by atoms with Gasteiger partial charge in [0.1, 0.15) is 11.1 Å². The van der Waals surface area contributed by atoms with Crippen molar-refractivity contribution in [3.63, 3.8) is 0 Å². The number of carbonyl (C=O) groups excluding carboxylic acids is 3. The second-order valence-electron chi connectivity index (χ2n) is 7.24. The monoisotopic (exact) mass is 429 g/mol. The van der Waals surface area contributed by atoms with E-state index in [9.17, 15) is 19.6 Å². The van der Waals surface area contributed by atoms with Crippen molar-refractivity contribution in [3.05, 3.63) is 87.3 Å². The van der Waals surface area contributed by atoms with Crippen molar-refractivity contribution in [2.24, 2.45) is 0 Å². The smallest absolute Gasteiger partial charge is 0.256 e. The van der Waals surface area contributed by atoms with Gasteiger partial charge in [-0.1, -0.05) is 42.5 Å². The van der Waals surface area contributed by atoms with Crippen molar-refractivity contribution in [2.75, 3.05) is 11.9 Å². The molecule has 2 amide bonds. The van der Waals surface area contributed by atoms with Gasteiger partial charge in [0.05, 0.1) is 12.1 Å². The Kier molecular flexibility index (Phi) is 5.65. The second-order valence-corrected chi connectivity index (χ2v) is 8.34. The molecule has 0 aliphatic carbocycles. The van der Waals surface area contributed by atoms with E-state index in [2.05, 4.69) is 11.4 Å². The summed E-state index contributed by atoms with van der Waals surface area (Å²) in [6, 6.07) is 17.6. The lowest BCUT2D eigenvalue weighted by atomic mass is 10.0. The molecule has 1 aromatic heterocycles. The van der Waals surface area contributed by atoms with E-state index >= 15 is 0 Å². The van der Waals surface area contributed by atoms with Gasteiger partial charge >= 0.3 is 0 Å². The summed E-state index contributed by atoms with van der Waals surface area (Å²) >= 11 is 1.33. The van der Waals surface area contributed by atoms with Gasteiger partial charge in [0.2, 0.25) is 5.91 Å².